The minimum absolute atomic E-state index is 0.141. The van der Waals surface area contributed by atoms with Gasteiger partial charge < -0.3 is 15.2 Å². The number of rotatable bonds is 5. The zero-order valence-electron chi connectivity index (χ0n) is 15.7. The number of hydrogen-bond acceptors (Lipinski definition) is 2. The van der Waals surface area contributed by atoms with Gasteiger partial charge in [0.2, 0.25) is 0 Å². The summed E-state index contributed by atoms with van der Waals surface area (Å²) in [5, 5.41) is 6.29. The Bertz CT molecular complexity index is 975. The first kappa shape index (κ1) is 19.7. The van der Waals surface area contributed by atoms with E-state index in [0.717, 1.165) is 29.0 Å². The molecule has 8 heteroatoms. The Morgan fingerprint density at radius 1 is 1.11 bits per heavy atom. The van der Waals surface area contributed by atoms with Crippen LogP contribution >= 0.6 is 0 Å². The first-order valence-electron chi connectivity index (χ1n) is 8.97. The van der Waals surface area contributed by atoms with E-state index in [1.807, 2.05) is 42.8 Å². The van der Waals surface area contributed by atoms with Gasteiger partial charge >= 0.3 is 6.18 Å². The van der Waals surface area contributed by atoms with Crippen molar-refractivity contribution < 1.29 is 13.2 Å². The predicted molar refractivity (Wildman–Crippen MR) is 104 cm³/mol. The van der Waals surface area contributed by atoms with E-state index in [9.17, 15) is 13.2 Å². The van der Waals surface area contributed by atoms with Crippen molar-refractivity contribution in [2.45, 2.75) is 26.2 Å². The monoisotopic (exact) mass is 389 g/mol. The van der Waals surface area contributed by atoms with E-state index < -0.39 is 11.7 Å². The summed E-state index contributed by atoms with van der Waals surface area (Å²) in [5.41, 5.74) is 1.77. The van der Waals surface area contributed by atoms with Crippen molar-refractivity contribution in [1.82, 2.24) is 20.2 Å². The van der Waals surface area contributed by atoms with E-state index in [0.29, 0.717) is 24.6 Å². The average Bonchev–Trinajstić information content (AvgIpc) is 3.00. The lowest BCUT2D eigenvalue weighted by molar-refractivity contribution is -0.137. The standard InChI is InChI=1S/C20H22F3N5/c1-3-24-19(25-12-14-7-6-8-15(11-14)20(21,22)23)26-13-18-27-16-9-4-5-10-17(16)28(18)2/h4-11H,3,12-13H2,1-2H3,(H2,24,25,26). The lowest BCUT2D eigenvalue weighted by Crippen LogP contribution is -2.37. The molecule has 0 aliphatic rings. The second-order valence-corrected chi connectivity index (χ2v) is 6.32. The summed E-state index contributed by atoms with van der Waals surface area (Å²) < 4.78 is 40.6. The Morgan fingerprint density at radius 3 is 2.61 bits per heavy atom. The van der Waals surface area contributed by atoms with Crippen LogP contribution in [0.25, 0.3) is 11.0 Å². The fourth-order valence-electron chi connectivity index (χ4n) is 2.87. The molecule has 2 N–H and O–H groups in total. The summed E-state index contributed by atoms with van der Waals surface area (Å²) in [4.78, 5) is 8.99. The predicted octanol–water partition coefficient (Wildman–Crippen LogP) is 3.85. The van der Waals surface area contributed by atoms with Gasteiger partial charge in [-0.25, -0.2) is 9.98 Å². The van der Waals surface area contributed by atoms with Crippen LogP contribution in [0.2, 0.25) is 0 Å². The Hall–Kier alpha value is -3.03. The number of nitrogens with zero attached hydrogens (tertiary/aromatic N) is 3. The van der Waals surface area contributed by atoms with Crippen molar-refractivity contribution in [2.24, 2.45) is 12.0 Å². The molecular weight excluding hydrogens is 367 g/mol. The summed E-state index contributed by atoms with van der Waals surface area (Å²) in [6.07, 6.45) is -4.36. The minimum Gasteiger partial charge on any atom is -0.357 e. The maximum atomic E-state index is 12.9. The molecule has 0 saturated heterocycles. The normalized spacial score (nSPS) is 12.4. The fourth-order valence-corrected chi connectivity index (χ4v) is 2.87. The molecule has 5 nitrogen and oxygen atoms in total. The number of benzene rings is 2. The average molecular weight is 389 g/mol. The number of para-hydroxylation sites is 2. The van der Waals surface area contributed by atoms with Crippen LogP contribution in [0.15, 0.2) is 53.5 Å². The topological polar surface area (TPSA) is 54.2 Å². The molecule has 28 heavy (non-hydrogen) atoms. The van der Waals surface area contributed by atoms with Gasteiger partial charge in [0.25, 0.3) is 0 Å². The Kier molecular flexibility index (Phi) is 5.87. The molecule has 0 aliphatic carbocycles. The molecule has 0 radical (unpaired) electrons. The SMILES string of the molecule is CCNC(=NCc1cccc(C(F)(F)F)c1)NCc1nc2ccccc2n1C. The van der Waals surface area contributed by atoms with E-state index in [2.05, 4.69) is 20.6 Å². The third-order valence-corrected chi connectivity index (χ3v) is 4.31. The van der Waals surface area contributed by atoms with Crippen molar-refractivity contribution in [2.75, 3.05) is 6.54 Å². The molecule has 0 amide bonds. The molecule has 0 aliphatic heterocycles. The number of aryl methyl sites for hydroxylation is 1. The molecule has 3 aromatic rings. The van der Waals surface area contributed by atoms with Crippen LogP contribution in [0, 0.1) is 0 Å². The highest BCUT2D eigenvalue weighted by Crippen LogP contribution is 2.29. The van der Waals surface area contributed by atoms with Crippen LogP contribution < -0.4 is 10.6 Å². The molecule has 0 spiro atoms. The molecule has 148 valence electrons. The zero-order valence-corrected chi connectivity index (χ0v) is 15.7. The maximum Gasteiger partial charge on any atom is 0.416 e. The van der Waals surface area contributed by atoms with Crippen LogP contribution in [0.4, 0.5) is 13.2 Å². The van der Waals surface area contributed by atoms with Crippen molar-refractivity contribution in [3.63, 3.8) is 0 Å². The number of guanidine groups is 1. The summed E-state index contributed by atoms with van der Waals surface area (Å²) in [5.74, 6) is 1.36. The smallest absolute Gasteiger partial charge is 0.357 e. The van der Waals surface area contributed by atoms with Crippen LogP contribution in [-0.4, -0.2) is 22.1 Å². The summed E-state index contributed by atoms with van der Waals surface area (Å²) >= 11 is 0. The highest BCUT2D eigenvalue weighted by molar-refractivity contribution is 5.80. The minimum atomic E-state index is -4.36. The Balaban J connectivity index is 1.71. The van der Waals surface area contributed by atoms with Crippen molar-refractivity contribution in [3.8, 4) is 0 Å². The number of alkyl halides is 3. The number of nitrogens with one attached hydrogen (secondary N) is 2. The number of imidazole rings is 1. The van der Waals surface area contributed by atoms with E-state index in [-0.39, 0.29) is 6.54 Å². The van der Waals surface area contributed by atoms with Crippen LogP contribution in [0.3, 0.4) is 0 Å². The van der Waals surface area contributed by atoms with Crippen LogP contribution in [0.1, 0.15) is 23.9 Å². The fraction of sp³-hybridized carbons (Fsp3) is 0.300. The molecule has 0 bridgehead atoms. The summed E-state index contributed by atoms with van der Waals surface area (Å²) in [7, 11) is 1.94. The van der Waals surface area contributed by atoms with Gasteiger partial charge in [-0.15, -0.1) is 0 Å². The molecule has 0 atom stereocenters. The second kappa shape index (κ2) is 8.33. The molecule has 3 rings (SSSR count). The number of hydrogen-bond donors (Lipinski definition) is 2. The number of fused-ring (bicyclic) bond motifs is 1. The van der Waals surface area contributed by atoms with Gasteiger partial charge in [-0.1, -0.05) is 24.3 Å². The van der Waals surface area contributed by atoms with Crippen LogP contribution in [-0.2, 0) is 26.3 Å². The van der Waals surface area contributed by atoms with Gasteiger partial charge in [-0.2, -0.15) is 13.2 Å². The van der Waals surface area contributed by atoms with Gasteiger partial charge in [-0.3, -0.25) is 0 Å². The van der Waals surface area contributed by atoms with Gasteiger partial charge in [0.15, 0.2) is 5.96 Å². The molecular formula is C20H22F3N5. The molecule has 0 fully saturated rings. The first-order chi connectivity index (χ1) is 13.4. The Morgan fingerprint density at radius 2 is 1.89 bits per heavy atom. The molecule has 0 unspecified atom stereocenters. The van der Waals surface area contributed by atoms with Gasteiger partial charge in [-0.05, 0) is 36.8 Å². The second-order valence-electron chi connectivity index (χ2n) is 6.32. The molecule has 2 aromatic carbocycles. The Labute approximate surface area is 161 Å². The highest BCUT2D eigenvalue weighted by Gasteiger charge is 2.30. The number of halogens is 3. The van der Waals surface area contributed by atoms with Gasteiger partial charge in [0, 0.05) is 13.6 Å². The van der Waals surface area contributed by atoms with E-state index >= 15 is 0 Å². The van der Waals surface area contributed by atoms with E-state index in [1.165, 1.54) is 6.07 Å². The number of aliphatic imine (C=N–C) groups is 1. The van der Waals surface area contributed by atoms with Gasteiger partial charge in [0.1, 0.15) is 5.82 Å². The molecule has 0 saturated carbocycles. The highest BCUT2D eigenvalue weighted by atomic mass is 19.4. The number of aromatic nitrogens is 2. The van der Waals surface area contributed by atoms with E-state index in [4.69, 9.17) is 0 Å². The third kappa shape index (κ3) is 4.62. The molecule has 1 heterocycles. The summed E-state index contributed by atoms with van der Waals surface area (Å²) in [6.45, 7) is 3.15. The lowest BCUT2D eigenvalue weighted by Gasteiger charge is -2.12. The van der Waals surface area contributed by atoms with Gasteiger partial charge in [0.05, 0.1) is 29.7 Å². The van der Waals surface area contributed by atoms with Crippen molar-refractivity contribution in [1.29, 1.82) is 0 Å². The first-order valence-corrected chi connectivity index (χ1v) is 8.97. The molecule has 1 aromatic heterocycles. The zero-order chi connectivity index (χ0) is 20.1. The van der Waals surface area contributed by atoms with Crippen molar-refractivity contribution in [3.05, 3.63) is 65.5 Å². The van der Waals surface area contributed by atoms with Crippen molar-refractivity contribution >= 4 is 17.0 Å². The van der Waals surface area contributed by atoms with Crippen LogP contribution in [0.5, 0.6) is 0 Å². The maximum absolute atomic E-state index is 12.9. The lowest BCUT2D eigenvalue weighted by atomic mass is 10.1. The third-order valence-electron chi connectivity index (χ3n) is 4.31. The van der Waals surface area contributed by atoms with E-state index in [1.54, 1.807) is 6.07 Å². The summed E-state index contributed by atoms with van der Waals surface area (Å²) in [6, 6.07) is 13.1. The largest absolute Gasteiger partial charge is 0.416 e. The quantitative estimate of drug-likeness (QED) is 0.515.